The number of amides is 1. The SMILES string of the molecule is C[C@@H](O)[C@H](NC(=O)OC[C@H]1O[C@@H](n2cnc3c(N)ncnc32)[C@H](O)[C@@H]1O)C(=O)O. The van der Waals surface area contributed by atoms with Crippen LogP contribution in [0.4, 0.5) is 10.6 Å². The van der Waals surface area contributed by atoms with E-state index in [1.165, 1.54) is 24.1 Å². The number of carbonyl (C=O) groups excluding carboxylic acids is 1. The number of aliphatic carboxylic acids is 1. The van der Waals surface area contributed by atoms with Crippen molar-refractivity contribution in [2.75, 3.05) is 12.3 Å². The highest BCUT2D eigenvalue weighted by Gasteiger charge is 2.45. The second kappa shape index (κ2) is 8.12. The van der Waals surface area contributed by atoms with E-state index in [2.05, 4.69) is 15.0 Å². The second-order valence-corrected chi connectivity index (χ2v) is 6.43. The average molecular weight is 412 g/mol. The lowest BCUT2D eigenvalue weighted by Crippen LogP contribution is -2.48. The third-order valence-electron chi connectivity index (χ3n) is 4.40. The van der Waals surface area contributed by atoms with Crippen molar-refractivity contribution in [3.05, 3.63) is 12.7 Å². The summed E-state index contributed by atoms with van der Waals surface area (Å²) in [6.07, 6.45) is -5.01. The number of carboxylic acids is 1. The Morgan fingerprint density at radius 1 is 1.34 bits per heavy atom. The number of nitrogens with zero attached hydrogens (tertiary/aromatic N) is 4. The highest BCUT2D eigenvalue weighted by Crippen LogP contribution is 2.32. The molecule has 3 rings (SSSR count). The molecule has 0 bridgehead atoms. The number of nitrogens with two attached hydrogens (primary N) is 1. The summed E-state index contributed by atoms with van der Waals surface area (Å²) >= 11 is 0. The van der Waals surface area contributed by atoms with Crippen LogP contribution in [0.2, 0.25) is 0 Å². The Morgan fingerprint density at radius 3 is 2.72 bits per heavy atom. The molecule has 158 valence electrons. The van der Waals surface area contributed by atoms with Gasteiger partial charge in [0.25, 0.3) is 0 Å². The fourth-order valence-electron chi connectivity index (χ4n) is 2.87. The van der Waals surface area contributed by atoms with E-state index in [0.29, 0.717) is 0 Å². The average Bonchev–Trinajstić information content (AvgIpc) is 3.20. The molecule has 29 heavy (non-hydrogen) atoms. The van der Waals surface area contributed by atoms with Gasteiger partial charge in [-0.1, -0.05) is 0 Å². The van der Waals surface area contributed by atoms with Gasteiger partial charge in [-0.3, -0.25) is 4.57 Å². The molecule has 1 aliphatic heterocycles. The van der Waals surface area contributed by atoms with Crippen molar-refractivity contribution < 1.29 is 39.5 Å². The zero-order chi connectivity index (χ0) is 21.3. The number of nitrogens with one attached hydrogen (secondary N) is 1. The predicted molar refractivity (Wildman–Crippen MR) is 93.2 cm³/mol. The number of fused-ring (bicyclic) bond motifs is 1. The summed E-state index contributed by atoms with van der Waals surface area (Å²) in [7, 11) is 0. The molecule has 2 aromatic rings. The summed E-state index contributed by atoms with van der Waals surface area (Å²) in [4.78, 5) is 34.7. The summed E-state index contributed by atoms with van der Waals surface area (Å²) in [5.41, 5.74) is 6.28. The standard InChI is InChI=1S/C15H20N6O8/c1-5(22)7(14(25)26)20-15(27)28-2-6-9(23)10(24)13(29-6)21-4-19-8-11(16)17-3-18-12(8)21/h3-7,9-10,13,22-24H,2H2,1H3,(H,20,27)(H,25,26)(H2,16,17,18)/t5-,6-,7+,9-,10-,13-/m1/s1. The highest BCUT2D eigenvalue weighted by molar-refractivity contribution is 5.81. The van der Waals surface area contributed by atoms with Gasteiger partial charge in [-0.2, -0.15) is 0 Å². The van der Waals surface area contributed by atoms with E-state index in [-0.39, 0.29) is 17.0 Å². The summed E-state index contributed by atoms with van der Waals surface area (Å²) in [6.45, 7) is 0.700. The number of rotatable bonds is 6. The molecular formula is C15H20N6O8. The number of imidazole rings is 1. The zero-order valence-corrected chi connectivity index (χ0v) is 15.1. The van der Waals surface area contributed by atoms with E-state index < -0.39 is 55.4 Å². The minimum atomic E-state index is -1.57. The first-order valence-corrected chi connectivity index (χ1v) is 8.49. The maximum Gasteiger partial charge on any atom is 0.408 e. The van der Waals surface area contributed by atoms with Crippen LogP contribution in [0.25, 0.3) is 11.2 Å². The Labute approximate surface area is 162 Å². The van der Waals surface area contributed by atoms with Gasteiger partial charge in [0.1, 0.15) is 36.8 Å². The number of carbonyl (C=O) groups is 2. The van der Waals surface area contributed by atoms with Gasteiger partial charge in [0.05, 0.1) is 12.4 Å². The van der Waals surface area contributed by atoms with Crippen molar-refractivity contribution in [1.82, 2.24) is 24.8 Å². The largest absolute Gasteiger partial charge is 0.480 e. The maximum atomic E-state index is 11.8. The molecule has 1 amide bonds. The molecule has 14 nitrogen and oxygen atoms in total. The molecule has 1 aliphatic rings. The molecule has 1 saturated heterocycles. The fourth-order valence-corrected chi connectivity index (χ4v) is 2.87. The summed E-state index contributed by atoms with van der Waals surface area (Å²) < 4.78 is 11.8. The molecule has 0 spiro atoms. The number of aliphatic hydroxyl groups is 3. The summed E-state index contributed by atoms with van der Waals surface area (Å²) in [5, 5.41) is 40.8. The van der Waals surface area contributed by atoms with Crippen LogP contribution >= 0.6 is 0 Å². The van der Waals surface area contributed by atoms with Crippen molar-refractivity contribution >= 4 is 29.0 Å². The number of aromatic nitrogens is 4. The monoisotopic (exact) mass is 412 g/mol. The molecule has 0 aromatic carbocycles. The van der Waals surface area contributed by atoms with Gasteiger partial charge in [0, 0.05) is 0 Å². The molecule has 6 atom stereocenters. The Balaban J connectivity index is 1.66. The quantitative estimate of drug-likeness (QED) is 0.292. The number of alkyl carbamates (subject to hydrolysis) is 1. The molecule has 0 saturated carbocycles. The minimum Gasteiger partial charge on any atom is -0.480 e. The van der Waals surface area contributed by atoms with E-state index in [1.807, 2.05) is 5.32 Å². The normalized spacial score (nSPS) is 26.2. The van der Waals surface area contributed by atoms with Gasteiger partial charge in [0.2, 0.25) is 0 Å². The number of aliphatic hydroxyl groups excluding tert-OH is 3. The number of nitrogen functional groups attached to an aromatic ring is 1. The lowest BCUT2D eigenvalue weighted by atomic mass is 10.1. The second-order valence-electron chi connectivity index (χ2n) is 6.43. The Morgan fingerprint density at radius 2 is 2.07 bits per heavy atom. The number of anilines is 1. The Hall–Kier alpha value is -3.07. The fraction of sp³-hybridized carbons (Fsp3) is 0.533. The molecule has 1 fully saturated rings. The van der Waals surface area contributed by atoms with Crippen molar-refractivity contribution in [2.24, 2.45) is 0 Å². The van der Waals surface area contributed by atoms with E-state index in [4.69, 9.17) is 20.3 Å². The molecule has 0 unspecified atom stereocenters. The first-order chi connectivity index (χ1) is 13.7. The molecular weight excluding hydrogens is 392 g/mol. The van der Waals surface area contributed by atoms with Gasteiger partial charge in [-0.05, 0) is 6.92 Å². The molecule has 3 heterocycles. The Bertz CT molecular complexity index is 904. The van der Waals surface area contributed by atoms with Gasteiger partial charge < -0.3 is 41.0 Å². The molecule has 2 aromatic heterocycles. The van der Waals surface area contributed by atoms with E-state index in [1.54, 1.807) is 0 Å². The lowest BCUT2D eigenvalue weighted by Gasteiger charge is -2.19. The minimum absolute atomic E-state index is 0.129. The van der Waals surface area contributed by atoms with Crippen LogP contribution in [0, 0.1) is 0 Å². The van der Waals surface area contributed by atoms with Crippen molar-refractivity contribution in [2.45, 2.75) is 43.6 Å². The Kier molecular flexibility index (Phi) is 5.78. The number of hydrogen-bond donors (Lipinski definition) is 6. The number of ether oxygens (including phenoxy) is 2. The van der Waals surface area contributed by atoms with E-state index in [0.717, 1.165) is 0 Å². The van der Waals surface area contributed by atoms with Crippen molar-refractivity contribution in [3.8, 4) is 0 Å². The third-order valence-corrected chi connectivity index (χ3v) is 4.40. The van der Waals surface area contributed by atoms with Crippen LogP contribution in [-0.2, 0) is 14.3 Å². The zero-order valence-electron chi connectivity index (χ0n) is 15.1. The number of hydrogen-bond acceptors (Lipinski definition) is 11. The van der Waals surface area contributed by atoms with Crippen LogP contribution in [0.3, 0.4) is 0 Å². The molecule has 7 N–H and O–H groups in total. The summed E-state index contributed by atoms with van der Waals surface area (Å²) in [5.74, 6) is -1.32. The highest BCUT2D eigenvalue weighted by atomic mass is 16.6. The van der Waals surface area contributed by atoms with Crippen LogP contribution in [0.15, 0.2) is 12.7 Å². The predicted octanol–water partition coefficient (Wildman–Crippen LogP) is -2.41. The van der Waals surface area contributed by atoms with E-state index >= 15 is 0 Å². The van der Waals surface area contributed by atoms with Crippen LogP contribution in [0.1, 0.15) is 13.2 Å². The first kappa shape index (κ1) is 20.7. The molecule has 0 radical (unpaired) electrons. The van der Waals surface area contributed by atoms with Gasteiger partial charge in [0.15, 0.2) is 23.7 Å². The van der Waals surface area contributed by atoms with Crippen LogP contribution in [0.5, 0.6) is 0 Å². The molecule has 0 aliphatic carbocycles. The van der Waals surface area contributed by atoms with Gasteiger partial charge in [-0.15, -0.1) is 0 Å². The van der Waals surface area contributed by atoms with E-state index in [9.17, 15) is 24.9 Å². The number of carboxylic acid groups (broad SMARTS) is 1. The van der Waals surface area contributed by atoms with Crippen LogP contribution < -0.4 is 11.1 Å². The third kappa shape index (κ3) is 4.04. The molecule has 14 heteroatoms. The van der Waals surface area contributed by atoms with Gasteiger partial charge >= 0.3 is 12.1 Å². The maximum absolute atomic E-state index is 11.8. The summed E-state index contributed by atoms with van der Waals surface area (Å²) in [6, 6.07) is -1.57. The first-order valence-electron chi connectivity index (χ1n) is 8.49. The van der Waals surface area contributed by atoms with Crippen LogP contribution in [-0.4, -0.2) is 89.1 Å². The lowest BCUT2D eigenvalue weighted by molar-refractivity contribution is -0.142. The van der Waals surface area contributed by atoms with Gasteiger partial charge in [-0.25, -0.2) is 24.5 Å². The topological polar surface area (TPSA) is 215 Å². The van der Waals surface area contributed by atoms with Crippen molar-refractivity contribution in [3.63, 3.8) is 0 Å². The van der Waals surface area contributed by atoms with Crippen molar-refractivity contribution in [1.29, 1.82) is 0 Å². The smallest absolute Gasteiger partial charge is 0.408 e.